The van der Waals surface area contributed by atoms with Gasteiger partial charge in [-0.05, 0) is 18.2 Å². The average Bonchev–Trinajstić information content (AvgIpc) is 3.08. The first-order chi connectivity index (χ1) is 12.3. The van der Waals surface area contributed by atoms with Gasteiger partial charge >= 0.3 is 12.1 Å². The maximum atomic E-state index is 12.8. The summed E-state index contributed by atoms with van der Waals surface area (Å²) in [6, 6.07) is 9.28. The fourth-order valence-electron chi connectivity index (χ4n) is 2.09. The molecule has 0 aliphatic heterocycles. The average molecular weight is 402 g/mol. The van der Waals surface area contributed by atoms with Gasteiger partial charge < -0.3 is 4.74 Å². The van der Waals surface area contributed by atoms with Crippen LogP contribution in [-0.2, 0) is 6.18 Å². The minimum absolute atomic E-state index is 0.173. The quantitative estimate of drug-likeness (QED) is 0.625. The van der Waals surface area contributed by atoms with Crippen LogP contribution in [-0.4, -0.2) is 21.2 Å². The van der Waals surface area contributed by atoms with Crippen molar-refractivity contribution in [3.8, 4) is 17.1 Å². The van der Waals surface area contributed by atoms with Crippen molar-refractivity contribution in [3.05, 3.63) is 63.9 Å². The molecule has 0 fully saturated rings. The zero-order valence-electron chi connectivity index (χ0n) is 12.6. The number of carbonyl (C=O) groups excluding carboxylic acids is 1. The number of nitrogens with one attached hydrogen (secondary N) is 1. The number of nitrogens with zero attached hydrogens (tertiary/aromatic N) is 2. The second kappa shape index (κ2) is 6.97. The Morgan fingerprint density at radius 1 is 1.12 bits per heavy atom. The number of pyridine rings is 1. The van der Waals surface area contributed by atoms with Crippen molar-refractivity contribution in [2.45, 2.75) is 6.18 Å². The molecule has 2 aromatic heterocycles. The molecule has 2 heterocycles. The number of benzene rings is 1. The standard InChI is InChI=1S/C16H8Cl2F3N3O2/c17-10-5-4-8(6-11(10)18)12-2-1-3-13(23-12)26-15(25)9-7-22-24-14(9)16(19,20)21/h1-7H,(H,22,24). The van der Waals surface area contributed by atoms with Gasteiger partial charge in [-0.15, -0.1) is 0 Å². The molecule has 0 aliphatic rings. The molecule has 0 spiro atoms. The molecule has 26 heavy (non-hydrogen) atoms. The first-order valence-corrected chi connectivity index (χ1v) is 7.76. The lowest BCUT2D eigenvalue weighted by Crippen LogP contribution is -2.16. The first-order valence-electron chi connectivity index (χ1n) is 7.01. The molecule has 3 rings (SSSR count). The van der Waals surface area contributed by atoms with Gasteiger partial charge in [-0.1, -0.05) is 35.3 Å². The molecule has 0 atom stereocenters. The van der Waals surface area contributed by atoms with Crippen molar-refractivity contribution in [3.63, 3.8) is 0 Å². The van der Waals surface area contributed by atoms with E-state index in [2.05, 4.69) is 10.1 Å². The van der Waals surface area contributed by atoms with E-state index in [9.17, 15) is 18.0 Å². The van der Waals surface area contributed by atoms with Crippen LogP contribution in [0.3, 0.4) is 0 Å². The smallest absolute Gasteiger partial charge is 0.404 e. The Kier molecular flexibility index (Phi) is 4.88. The predicted molar refractivity (Wildman–Crippen MR) is 88.2 cm³/mol. The Balaban J connectivity index is 1.86. The van der Waals surface area contributed by atoms with E-state index in [-0.39, 0.29) is 5.88 Å². The number of esters is 1. The van der Waals surface area contributed by atoms with Crippen LogP contribution in [0.5, 0.6) is 5.88 Å². The van der Waals surface area contributed by atoms with Gasteiger partial charge in [0.25, 0.3) is 0 Å². The molecule has 0 saturated heterocycles. The molecule has 0 saturated carbocycles. The van der Waals surface area contributed by atoms with Crippen LogP contribution in [0.2, 0.25) is 10.0 Å². The van der Waals surface area contributed by atoms with E-state index in [1.54, 1.807) is 29.4 Å². The van der Waals surface area contributed by atoms with Crippen LogP contribution < -0.4 is 4.74 Å². The Hall–Kier alpha value is -2.58. The fourth-order valence-corrected chi connectivity index (χ4v) is 2.39. The van der Waals surface area contributed by atoms with Gasteiger partial charge in [0.05, 0.1) is 21.9 Å². The van der Waals surface area contributed by atoms with Crippen molar-refractivity contribution in [1.29, 1.82) is 0 Å². The van der Waals surface area contributed by atoms with Gasteiger partial charge in [0.2, 0.25) is 5.88 Å². The number of carbonyl (C=O) groups is 1. The maximum Gasteiger partial charge on any atom is 0.433 e. The van der Waals surface area contributed by atoms with E-state index >= 15 is 0 Å². The summed E-state index contributed by atoms with van der Waals surface area (Å²) >= 11 is 11.8. The Morgan fingerprint density at radius 3 is 2.58 bits per heavy atom. The molecule has 134 valence electrons. The lowest BCUT2D eigenvalue weighted by Gasteiger charge is -2.08. The van der Waals surface area contributed by atoms with Gasteiger partial charge in [0.1, 0.15) is 5.56 Å². The second-order valence-corrected chi connectivity index (χ2v) is 5.85. The Bertz CT molecular complexity index is 973. The third-order valence-corrected chi connectivity index (χ3v) is 4.02. The van der Waals surface area contributed by atoms with Gasteiger partial charge in [-0.3, -0.25) is 5.10 Å². The lowest BCUT2D eigenvalue weighted by atomic mass is 10.1. The summed E-state index contributed by atoms with van der Waals surface area (Å²) in [6.07, 6.45) is -4.02. The molecule has 1 N–H and O–H groups in total. The molecule has 10 heteroatoms. The van der Waals surface area contributed by atoms with E-state index in [1.165, 1.54) is 12.1 Å². The summed E-state index contributed by atoms with van der Waals surface area (Å²) in [5.74, 6) is -1.40. The van der Waals surface area contributed by atoms with Crippen molar-refractivity contribution in [1.82, 2.24) is 15.2 Å². The summed E-state index contributed by atoms with van der Waals surface area (Å²) in [4.78, 5) is 16.1. The van der Waals surface area contributed by atoms with Crippen LogP contribution in [0.15, 0.2) is 42.6 Å². The minimum Gasteiger partial charge on any atom is -0.404 e. The van der Waals surface area contributed by atoms with E-state index in [0.29, 0.717) is 21.3 Å². The topological polar surface area (TPSA) is 67.9 Å². The van der Waals surface area contributed by atoms with Crippen LogP contribution in [0.25, 0.3) is 11.3 Å². The van der Waals surface area contributed by atoms with Crippen LogP contribution in [0.4, 0.5) is 13.2 Å². The zero-order chi connectivity index (χ0) is 18.9. The summed E-state index contributed by atoms with van der Waals surface area (Å²) < 4.78 is 43.4. The zero-order valence-corrected chi connectivity index (χ0v) is 14.2. The Morgan fingerprint density at radius 2 is 1.88 bits per heavy atom. The molecule has 0 bridgehead atoms. The Labute approximate surface area is 154 Å². The second-order valence-electron chi connectivity index (χ2n) is 5.04. The van der Waals surface area contributed by atoms with Crippen molar-refractivity contribution >= 4 is 29.2 Å². The van der Waals surface area contributed by atoms with Crippen molar-refractivity contribution in [2.24, 2.45) is 0 Å². The van der Waals surface area contributed by atoms with Gasteiger partial charge in [-0.25, -0.2) is 9.78 Å². The normalized spacial score (nSPS) is 11.4. The minimum atomic E-state index is -4.76. The van der Waals surface area contributed by atoms with Crippen LogP contribution in [0.1, 0.15) is 16.1 Å². The van der Waals surface area contributed by atoms with E-state index in [0.717, 1.165) is 6.20 Å². The third kappa shape index (κ3) is 3.81. The molecule has 0 unspecified atom stereocenters. The summed E-state index contributed by atoms with van der Waals surface area (Å²) in [7, 11) is 0. The van der Waals surface area contributed by atoms with Crippen LogP contribution in [0, 0.1) is 0 Å². The molecule has 0 radical (unpaired) electrons. The summed E-state index contributed by atoms with van der Waals surface area (Å²) in [5, 5.41) is 5.64. The number of hydrogen-bond donors (Lipinski definition) is 1. The highest BCUT2D eigenvalue weighted by atomic mass is 35.5. The van der Waals surface area contributed by atoms with Gasteiger partial charge in [-0.2, -0.15) is 18.3 Å². The highest BCUT2D eigenvalue weighted by Crippen LogP contribution is 2.31. The summed E-state index contributed by atoms with van der Waals surface area (Å²) in [5.41, 5.74) is -1.03. The number of H-pyrrole nitrogens is 1. The number of aromatic nitrogens is 3. The largest absolute Gasteiger partial charge is 0.433 e. The number of rotatable bonds is 3. The number of halogens is 5. The van der Waals surface area contributed by atoms with Gasteiger partial charge in [0.15, 0.2) is 5.69 Å². The number of hydrogen-bond acceptors (Lipinski definition) is 4. The van der Waals surface area contributed by atoms with Crippen molar-refractivity contribution < 1.29 is 22.7 Å². The highest BCUT2D eigenvalue weighted by molar-refractivity contribution is 6.42. The summed E-state index contributed by atoms with van der Waals surface area (Å²) in [6.45, 7) is 0. The molecule has 3 aromatic rings. The highest BCUT2D eigenvalue weighted by Gasteiger charge is 2.38. The molecule has 5 nitrogen and oxygen atoms in total. The van der Waals surface area contributed by atoms with Gasteiger partial charge in [0, 0.05) is 11.6 Å². The third-order valence-electron chi connectivity index (χ3n) is 3.28. The first kappa shape index (κ1) is 18.2. The number of aromatic amines is 1. The van der Waals surface area contributed by atoms with E-state index < -0.39 is 23.4 Å². The molecule has 0 aliphatic carbocycles. The molecule has 1 aromatic carbocycles. The monoisotopic (exact) mass is 401 g/mol. The number of ether oxygens (including phenoxy) is 1. The van der Waals surface area contributed by atoms with E-state index in [1.807, 2.05) is 0 Å². The molecular formula is C16H8Cl2F3N3O2. The molecule has 0 amide bonds. The lowest BCUT2D eigenvalue weighted by molar-refractivity contribution is -0.141. The maximum absolute atomic E-state index is 12.8. The SMILES string of the molecule is O=C(Oc1cccc(-c2ccc(Cl)c(Cl)c2)n1)c1cn[nH]c1C(F)(F)F. The molecular weight excluding hydrogens is 394 g/mol. The number of alkyl halides is 3. The fraction of sp³-hybridized carbons (Fsp3) is 0.0625. The van der Waals surface area contributed by atoms with Crippen molar-refractivity contribution in [2.75, 3.05) is 0 Å². The predicted octanol–water partition coefficient (Wildman–Crippen LogP) is 5.02. The van der Waals surface area contributed by atoms with E-state index in [4.69, 9.17) is 27.9 Å². The van der Waals surface area contributed by atoms with Crippen LogP contribution >= 0.6 is 23.2 Å².